The van der Waals surface area contributed by atoms with Gasteiger partial charge in [0, 0.05) is 12.3 Å². The molecule has 4 nitrogen and oxygen atoms in total. The first-order chi connectivity index (χ1) is 6.45. The number of carbonyl (C=O) groups is 1. The van der Waals surface area contributed by atoms with E-state index in [0.29, 0.717) is 6.54 Å². The van der Waals surface area contributed by atoms with Crippen molar-refractivity contribution in [3.63, 3.8) is 0 Å². The normalized spacial score (nSPS) is 10.4. The van der Waals surface area contributed by atoms with Crippen molar-refractivity contribution >= 4 is 17.9 Å². The molecule has 0 aliphatic rings. The van der Waals surface area contributed by atoms with Gasteiger partial charge in [-0.15, -0.1) is 0 Å². The van der Waals surface area contributed by atoms with Crippen molar-refractivity contribution < 1.29 is 9.53 Å². The van der Waals surface area contributed by atoms with Gasteiger partial charge >= 0.3 is 6.09 Å². The number of amides is 1. The molecule has 0 unspecified atom stereocenters. The summed E-state index contributed by atoms with van der Waals surface area (Å²) in [6.45, 7) is 6.00. The van der Waals surface area contributed by atoms with E-state index in [9.17, 15) is 4.79 Å². The number of nitrogens with one attached hydrogen (secondary N) is 1. The summed E-state index contributed by atoms with van der Waals surface area (Å²) in [7, 11) is 0. The molecule has 0 aliphatic carbocycles. The number of nitriles is 1. The molecule has 80 valence electrons. The zero-order valence-corrected chi connectivity index (χ0v) is 9.61. The first-order valence-corrected chi connectivity index (χ1v) is 5.42. The Hall–Kier alpha value is -0.890. The fourth-order valence-electron chi connectivity index (χ4n) is 0.695. The molecule has 0 saturated heterocycles. The van der Waals surface area contributed by atoms with E-state index < -0.39 is 11.7 Å². The monoisotopic (exact) mass is 216 g/mol. The van der Waals surface area contributed by atoms with Crippen LogP contribution in [0.3, 0.4) is 0 Å². The lowest BCUT2D eigenvalue weighted by Gasteiger charge is -2.19. The van der Waals surface area contributed by atoms with Crippen LogP contribution in [-0.4, -0.2) is 24.0 Å². The maximum absolute atomic E-state index is 11.1. The topological polar surface area (TPSA) is 62.1 Å². The van der Waals surface area contributed by atoms with Crippen LogP contribution in [0.2, 0.25) is 0 Å². The minimum Gasteiger partial charge on any atom is -0.444 e. The summed E-state index contributed by atoms with van der Waals surface area (Å²) in [6.07, 6.45) is 0.372. The van der Waals surface area contributed by atoms with Gasteiger partial charge in [0.05, 0.1) is 0 Å². The molecule has 0 aliphatic heterocycles. The Morgan fingerprint density at radius 1 is 1.57 bits per heavy atom. The Kier molecular flexibility index (Phi) is 6.13. The van der Waals surface area contributed by atoms with Gasteiger partial charge in [0.15, 0.2) is 0 Å². The van der Waals surface area contributed by atoms with Crippen LogP contribution in [0.25, 0.3) is 0 Å². The summed E-state index contributed by atoms with van der Waals surface area (Å²) in [5.74, 6) is 0.728. The third-order valence-corrected chi connectivity index (χ3v) is 1.78. The van der Waals surface area contributed by atoms with E-state index in [2.05, 4.69) is 5.32 Å². The highest BCUT2D eigenvalue weighted by Gasteiger charge is 2.15. The van der Waals surface area contributed by atoms with Crippen molar-refractivity contribution in [2.24, 2.45) is 0 Å². The highest BCUT2D eigenvalue weighted by Crippen LogP contribution is 2.06. The average Bonchev–Trinajstić information content (AvgIpc) is 2.00. The molecule has 0 aromatic heterocycles. The van der Waals surface area contributed by atoms with Crippen molar-refractivity contribution in [1.29, 1.82) is 5.26 Å². The fourth-order valence-corrected chi connectivity index (χ4v) is 1.07. The zero-order chi connectivity index (χ0) is 11.0. The Bertz CT molecular complexity index is 218. The van der Waals surface area contributed by atoms with Gasteiger partial charge in [-0.05, 0) is 39.0 Å². The minimum absolute atomic E-state index is 0.403. The van der Waals surface area contributed by atoms with E-state index in [1.54, 1.807) is 0 Å². The summed E-state index contributed by atoms with van der Waals surface area (Å²) in [6, 6.07) is 0. The lowest BCUT2D eigenvalue weighted by molar-refractivity contribution is 0.0528. The summed E-state index contributed by atoms with van der Waals surface area (Å²) in [5, 5.41) is 12.8. The Balaban J connectivity index is 3.42. The van der Waals surface area contributed by atoms with Gasteiger partial charge in [-0.3, -0.25) is 0 Å². The van der Waals surface area contributed by atoms with Crippen LogP contribution in [0.1, 0.15) is 27.2 Å². The van der Waals surface area contributed by atoms with Crippen LogP contribution in [0.15, 0.2) is 0 Å². The Labute approximate surface area is 89.0 Å². The molecule has 14 heavy (non-hydrogen) atoms. The molecule has 0 aromatic rings. The Morgan fingerprint density at radius 2 is 2.21 bits per heavy atom. The van der Waals surface area contributed by atoms with Crippen molar-refractivity contribution in [2.75, 3.05) is 12.3 Å². The minimum atomic E-state index is -0.453. The number of rotatable bonds is 4. The molecule has 0 atom stereocenters. The van der Waals surface area contributed by atoms with Gasteiger partial charge in [-0.25, -0.2) is 4.79 Å². The van der Waals surface area contributed by atoms with Gasteiger partial charge in [-0.2, -0.15) is 5.26 Å². The molecular formula is C9H16N2O2S. The van der Waals surface area contributed by atoms with Gasteiger partial charge in [0.2, 0.25) is 0 Å². The maximum Gasteiger partial charge on any atom is 0.407 e. The van der Waals surface area contributed by atoms with E-state index in [0.717, 1.165) is 12.2 Å². The standard InChI is InChI=1S/C9H16N2O2S/c1-9(2,3)13-8(12)11-5-4-6-14-7-10/h4-6H2,1-3H3,(H,11,12). The highest BCUT2D eigenvalue weighted by atomic mass is 32.2. The number of thioether (sulfide) groups is 1. The number of ether oxygens (including phenoxy) is 1. The summed E-state index contributed by atoms with van der Waals surface area (Å²) in [5.41, 5.74) is -0.453. The summed E-state index contributed by atoms with van der Waals surface area (Å²) < 4.78 is 5.02. The van der Waals surface area contributed by atoms with Gasteiger partial charge in [0.1, 0.15) is 11.0 Å². The number of alkyl carbamates (subject to hydrolysis) is 1. The third-order valence-electron chi connectivity index (χ3n) is 1.16. The predicted octanol–water partition coefficient (Wildman–Crippen LogP) is 2.12. The summed E-state index contributed by atoms with van der Waals surface area (Å²) in [4.78, 5) is 11.1. The molecule has 0 bridgehead atoms. The van der Waals surface area contributed by atoms with Crippen LogP contribution in [0.4, 0.5) is 4.79 Å². The van der Waals surface area contributed by atoms with Crippen molar-refractivity contribution in [3.05, 3.63) is 0 Å². The molecule has 0 saturated carbocycles. The van der Waals surface area contributed by atoms with Gasteiger partial charge in [-0.1, -0.05) is 0 Å². The van der Waals surface area contributed by atoms with E-state index >= 15 is 0 Å². The summed E-state index contributed by atoms with van der Waals surface area (Å²) >= 11 is 1.19. The molecular weight excluding hydrogens is 200 g/mol. The molecule has 0 aromatic carbocycles. The number of hydrogen-bond acceptors (Lipinski definition) is 4. The first-order valence-electron chi connectivity index (χ1n) is 4.43. The first kappa shape index (κ1) is 13.1. The van der Waals surface area contributed by atoms with E-state index in [-0.39, 0.29) is 0 Å². The van der Waals surface area contributed by atoms with Crippen molar-refractivity contribution in [1.82, 2.24) is 5.32 Å². The molecule has 0 heterocycles. The van der Waals surface area contributed by atoms with Crippen LogP contribution < -0.4 is 5.32 Å². The maximum atomic E-state index is 11.1. The van der Waals surface area contributed by atoms with E-state index in [1.165, 1.54) is 11.8 Å². The number of nitrogens with zero attached hydrogens (tertiary/aromatic N) is 1. The van der Waals surface area contributed by atoms with Gasteiger partial charge in [0.25, 0.3) is 0 Å². The van der Waals surface area contributed by atoms with E-state index in [4.69, 9.17) is 10.00 Å². The molecule has 0 rings (SSSR count). The fraction of sp³-hybridized carbons (Fsp3) is 0.778. The second kappa shape index (κ2) is 6.55. The van der Waals surface area contributed by atoms with Crippen molar-refractivity contribution in [2.45, 2.75) is 32.8 Å². The average molecular weight is 216 g/mol. The molecule has 0 radical (unpaired) electrons. The van der Waals surface area contributed by atoms with Crippen LogP contribution in [-0.2, 0) is 4.74 Å². The number of thiocyanates is 1. The lowest BCUT2D eigenvalue weighted by Crippen LogP contribution is -2.33. The van der Waals surface area contributed by atoms with Crippen LogP contribution >= 0.6 is 11.8 Å². The SMILES string of the molecule is CC(C)(C)OC(=O)NCCCSC#N. The molecule has 1 N–H and O–H groups in total. The zero-order valence-electron chi connectivity index (χ0n) is 8.79. The largest absolute Gasteiger partial charge is 0.444 e. The second-order valence-electron chi connectivity index (χ2n) is 3.72. The third kappa shape index (κ3) is 9.20. The molecule has 5 heteroatoms. The number of carbonyl (C=O) groups excluding carboxylic acids is 1. The van der Waals surface area contributed by atoms with Crippen LogP contribution in [0, 0.1) is 10.7 Å². The Morgan fingerprint density at radius 3 is 2.71 bits per heavy atom. The lowest BCUT2D eigenvalue weighted by atomic mass is 10.2. The quantitative estimate of drug-likeness (QED) is 0.577. The van der Waals surface area contributed by atoms with Crippen LogP contribution in [0.5, 0.6) is 0 Å². The second-order valence-corrected chi connectivity index (χ2v) is 4.60. The molecule has 0 fully saturated rings. The molecule has 1 amide bonds. The number of hydrogen-bond donors (Lipinski definition) is 1. The van der Waals surface area contributed by atoms with Gasteiger partial charge < -0.3 is 10.1 Å². The van der Waals surface area contributed by atoms with E-state index in [1.807, 2.05) is 26.2 Å². The van der Waals surface area contributed by atoms with Crippen molar-refractivity contribution in [3.8, 4) is 5.40 Å². The smallest absolute Gasteiger partial charge is 0.407 e. The predicted molar refractivity (Wildman–Crippen MR) is 56.9 cm³/mol. The highest BCUT2D eigenvalue weighted by molar-refractivity contribution is 8.03. The molecule has 0 spiro atoms.